The van der Waals surface area contributed by atoms with E-state index in [1.54, 1.807) is 6.21 Å². The Bertz CT molecular complexity index is 931. The monoisotopic (exact) mass is 550 g/mol. The number of rotatable bonds is 8. The number of halogens is 2. The Labute approximate surface area is 187 Å². The number of nitrogens with one attached hydrogen (secondary N) is 1. The average Bonchev–Trinajstić information content (AvgIpc) is 2.70. The van der Waals surface area contributed by atoms with Crippen LogP contribution >= 0.6 is 38.5 Å². The first-order valence-electron chi connectivity index (χ1n) is 8.83. The molecule has 0 unspecified atom stereocenters. The molecule has 144 valence electrons. The van der Waals surface area contributed by atoms with Gasteiger partial charge in [-0.05, 0) is 77.0 Å². The molecule has 3 aromatic carbocycles. The largest absolute Gasteiger partial charge is 0.490 e. The third kappa shape index (κ3) is 5.97. The Kier molecular flexibility index (Phi) is 7.73. The molecule has 0 heterocycles. The zero-order valence-electron chi connectivity index (χ0n) is 15.4. The van der Waals surface area contributed by atoms with Crippen molar-refractivity contribution in [1.29, 1.82) is 0 Å². The molecule has 3 aromatic rings. The number of benzene rings is 3. The highest BCUT2D eigenvalue weighted by molar-refractivity contribution is 14.1. The molecule has 0 aromatic heterocycles. The van der Waals surface area contributed by atoms with E-state index in [0.29, 0.717) is 19.0 Å². The second-order valence-corrected chi connectivity index (χ2v) is 7.99. The van der Waals surface area contributed by atoms with Gasteiger partial charge in [-0.2, -0.15) is 5.10 Å². The lowest BCUT2D eigenvalue weighted by Gasteiger charge is -2.15. The van der Waals surface area contributed by atoms with Gasteiger partial charge in [0.25, 0.3) is 0 Å². The third-order valence-corrected chi connectivity index (χ3v) is 5.14. The minimum Gasteiger partial charge on any atom is -0.490 e. The maximum absolute atomic E-state index is 6.07. The highest BCUT2D eigenvalue weighted by Gasteiger charge is 2.12. The van der Waals surface area contributed by atoms with Gasteiger partial charge >= 0.3 is 0 Å². The lowest BCUT2D eigenvalue weighted by molar-refractivity contribution is 0.267. The zero-order valence-corrected chi connectivity index (χ0v) is 19.1. The summed E-state index contributed by atoms with van der Waals surface area (Å²) in [6.45, 7) is 3.00. The number of anilines is 1. The molecule has 0 radical (unpaired) electrons. The predicted octanol–water partition coefficient (Wildman–Crippen LogP) is 6.48. The molecule has 1 N–H and O–H groups in total. The molecule has 6 heteroatoms. The van der Waals surface area contributed by atoms with Crippen LogP contribution in [0.4, 0.5) is 5.69 Å². The summed E-state index contributed by atoms with van der Waals surface area (Å²) >= 11 is 5.72. The van der Waals surface area contributed by atoms with Gasteiger partial charge in [0.1, 0.15) is 6.61 Å². The Morgan fingerprint density at radius 2 is 1.79 bits per heavy atom. The van der Waals surface area contributed by atoms with Gasteiger partial charge in [0.15, 0.2) is 11.5 Å². The summed E-state index contributed by atoms with van der Waals surface area (Å²) in [6, 6.07) is 21.9. The molecule has 0 atom stereocenters. The summed E-state index contributed by atoms with van der Waals surface area (Å²) in [5.74, 6) is 1.46. The van der Waals surface area contributed by atoms with Crippen molar-refractivity contribution >= 4 is 50.4 Å². The molecule has 0 fully saturated rings. The van der Waals surface area contributed by atoms with E-state index in [9.17, 15) is 0 Å². The minimum absolute atomic E-state index is 0.479. The van der Waals surface area contributed by atoms with Gasteiger partial charge in [0.05, 0.1) is 22.1 Å². The number of hydrogen-bond donors (Lipinski definition) is 1. The molecule has 4 nitrogen and oxygen atoms in total. The van der Waals surface area contributed by atoms with Crippen LogP contribution < -0.4 is 14.9 Å². The Morgan fingerprint density at radius 3 is 2.50 bits per heavy atom. The van der Waals surface area contributed by atoms with E-state index in [1.807, 2.05) is 73.7 Å². The first-order valence-corrected chi connectivity index (χ1v) is 10.7. The van der Waals surface area contributed by atoms with Crippen molar-refractivity contribution in [2.24, 2.45) is 5.10 Å². The van der Waals surface area contributed by atoms with Crippen LogP contribution in [0.3, 0.4) is 0 Å². The first-order chi connectivity index (χ1) is 13.7. The minimum atomic E-state index is 0.479. The molecule has 3 rings (SSSR count). The molecule has 0 saturated heterocycles. The average molecular weight is 551 g/mol. The standard InChI is InChI=1S/C22H20BrIN2O2/c1-2-27-21-13-17(14-25-26-19-6-4-3-5-7-19)12-20(24)22(21)28-15-16-8-10-18(23)11-9-16/h3-14,26H,2,15H2,1H3/b25-14-. The third-order valence-electron chi connectivity index (χ3n) is 3.81. The second-order valence-electron chi connectivity index (χ2n) is 5.91. The fraction of sp³-hybridized carbons (Fsp3) is 0.136. The number of hydrazone groups is 1. The van der Waals surface area contributed by atoms with Crippen LogP contribution in [0.2, 0.25) is 0 Å². The quantitative estimate of drug-likeness (QED) is 0.198. The summed E-state index contributed by atoms with van der Waals surface area (Å²) in [6.07, 6.45) is 1.77. The molecular formula is C22H20BrIN2O2. The highest BCUT2D eigenvalue weighted by Crippen LogP contribution is 2.34. The van der Waals surface area contributed by atoms with Crippen LogP contribution in [-0.2, 0) is 6.61 Å². The van der Waals surface area contributed by atoms with E-state index < -0.39 is 0 Å². The van der Waals surface area contributed by atoms with Gasteiger partial charge in [-0.25, -0.2) is 0 Å². The molecule has 0 bridgehead atoms. The fourth-order valence-corrected chi connectivity index (χ4v) is 3.54. The Hall–Kier alpha value is -2.06. The highest BCUT2D eigenvalue weighted by atomic mass is 127. The lowest BCUT2D eigenvalue weighted by atomic mass is 10.2. The summed E-state index contributed by atoms with van der Waals surface area (Å²) in [5, 5.41) is 4.31. The van der Waals surface area contributed by atoms with Crippen LogP contribution in [0, 0.1) is 3.57 Å². The SMILES string of the molecule is CCOc1cc(/C=N\Nc2ccccc2)cc(I)c1OCc1ccc(Br)cc1. The molecule has 28 heavy (non-hydrogen) atoms. The topological polar surface area (TPSA) is 42.8 Å². The van der Waals surface area contributed by atoms with Gasteiger partial charge in [0, 0.05) is 4.47 Å². The van der Waals surface area contributed by atoms with Crippen molar-refractivity contribution < 1.29 is 9.47 Å². The van der Waals surface area contributed by atoms with Gasteiger partial charge < -0.3 is 9.47 Å². The molecule has 0 spiro atoms. The van der Waals surface area contributed by atoms with Crippen molar-refractivity contribution in [1.82, 2.24) is 0 Å². The molecule has 0 aliphatic heterocycles. The van der Waals surface area contributed by atoms with Crippen LogP contribution in [0.25, 0.3) is 0 Å². The summed E-state index contributed by atoms with van der Waals surface area (Å²) in [5.41, 5.74) is 5.99. The van der Waals surface area contributed by atoms with Gasteiger partial charge in [-0.3, -0.25) is 5.43 Å². The summed E-state index contributed by atoms with van der Waals surface area (Å²) < 4.78 is 13.9. The Morgan fingerprint density at radius 1 is 1.04 bits per heavy atom. The number of ether oxygens (including phenoxy) is 2. The van der Waals surface area contributed by atoms with Crippen molar-refractivity contribution in [2.75, 3.05) is 12.0 Å². The van der Waals surface area contributed by atoms with Gasteiger partial charge in [-0.15, -0.1) is 0 Å². The molecular weight excluding hydrogens is 531 g/mol. The van der Waals surface area contributed by atoms with Crippen molar-refractivity contribution in [3.05, 3.63) is 85.9 Å². The first kappa shape index (κ1) is 20.7. The smallest absolute Gasteiger partial charge is 0.175 e. The van der Waals surface area contributed by atoms with Crippen molar-refractivity contribution in [3.63, 3.8) is 0 Å². The summed E-state index contributed by atoms with van der Waals surface area (Å²) in [7, 11) is 0. The summed E-state index contributed by atoms with van der Waals surface area (Å²) in [4.78, 5) is 0. The molecule has 0 aliphatic rings. The van der Waals surface area contributed by atoms with E-state index in [1.165, 1.54) is 0 Å². The molecule has 0 aliphatic carbocycles. The van der Waals surface area contributed by atoms with E-state index in [0.717, 1.165) is 30.6 Å². The number of hydrogen-bond acceptors (Lipinski definition) is 4. The maximum atomic E-state index is 6.07. The number of para-hydroxylation sites is 1. The second kappa shape index (κ2) is 10.5. The van der Waals surface area contributed by atoms with Crippen LogP contribution in [0.15, 0.2) is 76.3 Å². The van der Waals surface area contributed by atoms with Crippen LogP contribution in [0.5, 0.6) is 11.5 Å². The van der Waals surface area contributed by atoms with E-state index in [2.05, 4.69) is 49.0 Å². The van der Waals surface area contributed by atoms with Crippen molar-refractivity contribution in [2.45, 2.75) is 13.5 Å². The van der Waals surface area contributed by atoms with E-state index >= 15 is 0 Å². The maximum Gasteiger partial charge on any atom is 0.175 e. The lowest BCUT2D eigenvalue weighted by Crippen LogP contribution is -2.02. The molecule has 0 saturated carbocycles. The number of nitrogens with zero attached hydrogens (tertiary/aromatic N) is 1. The normalized spacial score (nSPS) is 10.8. The van der Waals surface area contributed by atoms with Gasteiger partial charge in [-0.1, -0.05) is 46.3 Å². The van der Waals surface area contributed by atoms with E-state index in [4.69, 9.17) is 9.47 Å². The van der Waals surface area contributed by atoms with Crippen LogP contribution in [-0.4, -0.2) is 12.8 Å². The van der Waals surface area contributed by atoms with Crippen molar-refractivity contribution in [3.8, 4) is 11.5 Å². The molecule has 0 amide bonds. The fourth-order valence-electron chi connectivity index (χ4n) is 2.50. The zero-order chi connectivity index (χ0) is 19.8. The predicted molar refractivity (Wildman–Crippen MR) is 126 cm³/mol. The van der Waals surface area contributed by atoms with E-state index in [-0.39, 0.29) is 0 Å². The van der Waals surface area contributed by atoms with Crippen LogP contribution in [0.1, 0.15) is 18.1 Å². The van der Waals surface area contributed by atoms with Gasteiger partial charge in [0.2, 0.25) is 0 Å². The Balaban J connectivity index is 1.74.